The molecule has 0 N–H and O–H groups in total. The first-order valence-electron chi connectivity index (χ1n) is 5.96. The average Bonchev–Trinajstić information content (AvgIpc) is 2.29. The molecule has 1 aliphatic rings. The zero-order chi connectivity index (χ0) is 13.7. The molecule has 1 heterocycles. The van der Waals surface area contributed by atoms with Crippen LogP contribution >= 0.6 is 0 Å². The Morgan fingerprint density at radius 3 is 2.44 bits per heavy atom. The minimum absolute atomic E-state index is 0.221. The second-order valence-electron chi connectivity index (χ2n) is 3.86. The molecule has 0 unspecified atom stereocenters. The Morgan fingerprint density at radius 1 is 1.28 bits per heavy atom. The first-order valence-corrected chi connectivity index (χ1v) is 5.96. The summed E-state index contributed by atoms with van der Waals surface area (Å²) in [6.07, 6.45) is 0.221. The number of esters is 1. The van der Waals surface area contributed by atoms with Crippen molar-refractivity contribution in [3.63, 3.8) is 0 Å². The number of carbonyl (C=O) groups is 1. The van der Waals surface area contributed by atoms with E-state index in [9.17, 15) is 9.90 Å². The summed E-state index contributed by atoms with van der Waals surface area (Å²) in [5.74, 6) is -0.846. The molecule has 5 nitrogen and oxygen atoms in total. The van der Waals surface area contributed by atoms with Crippen LogP contribution in [0.1, 0.15) is 34.1 Å². The van der Waals surface area contributed by atoms with Crippen LogP contribution < -0.4 is 5.11 Å². The summed E-state index contributed by atoms with van der Waals surface area (Å²) in [5.41, 5.74) is 2.04. The number of rotatable bonds is 4. The Morgan fingerprint density at radius 2 is 1.89 bits per heavy atom. The van der Waals surface area contributed by atoms with Crippen LogP contribution in [0.25, 0.3) is 0 Å². The summed E-state index contributed by atoms with van der Waals surface area (Å²) in [5, 5.41) is 11.7. The third-order valence-corrected chi connectivity index (χ3v) is 2.61. The SMILES string of the molecule is CCOC(=O)C1=C(C)N=C(C)/C(=C(\[O-])OCC)C1. The number of nitrogens with zero attached hydrogens (tertiary/aromatic N) is 1. The molecule has 5 heteroatoms. The van der Waals surface area contributed by atoms with E-state index in [4.69, 9.17) is 9.47 Å². The number of aliphatic imine (C=N–C) groups is 1. The van der Waals surface area contributed by atoms with Gasteiger partial charge in [0.2, 0.25) is 0 Å². The third-order valence-electron chi connectivity index (χ3n) is 2.61. The predicted octanol–water partition coefficient (Wildman–Crippen LogP) is 1.30. The Labute approximate surface area is 107 Å². The topological polar surface area (TPSA) is 71.0 Å². The van der Waals surface area contributed by atoms with Gasteiger partial charge in [0.05, 0.1) is 18.1 Å². The predicted molar refractivity (Wildman–Crippen MR) is 65.7 cm³/mol. The maximum atomic E-state index is 11.7. The lowest BCUT2D eigenvalue weighted by Crippen LogP contribution is -2.21. The Bertz CT molecular complexity index is 432. The summed E-state index contributed by atoms with van der Waals surface area (Å²) in [4.78, 5) is 15.9. The lowest BCUT2D eigenvalue weighted by atomic mass is 9.98. The number of hydrogen-bond donors (Lipinski definition) is 0. The molecular formula is C13H18NO4-. The molecule has 0 aromatic rings. The van der Waals surface area contributed by atoms with Gasteiger partial charge in [-0.15, -0.1) is 0 Å². The van der Waals surface area contributed by atoms with E-state index in [1.165, 1.54) is 0 Å². The van der Waals surface area contributed by atoms with Gasteiger partial charge in [0, 0.05) is 17.8 Å². The highest BCUT2D eigenvalue weighted by atomic mass is 16.6. The second-order valence-corrected chi connectivity index (χ2v) is 3.86. The molecule has 0 amide bonds. The molecule has 0 saturated heterocycles. The Hall–Kier alpha value is -1.78. The van der Waals surface area contributed by atoms with Crippen molar-refractivity contribution >= 4 is 11.7 Å². The maximum absolute atomic E-state index is 11.7. The summed E-state index contributed by atoms with van der Waals surface area (Å²) in [6, 6.07) is 0. The lowest BCUT2D eigenvalue weighted by molar-refractivity contribution is -0.357. The van der Waals surface area contributed by atoms with Gasteiger partial charge >= 0.3 is 5.97 Å². The molecule has 0 aromatic heterocycles. The van der Waals surface area contributed by atoms with E-state index in [1.807, 2.05) is 0 Å². The second kappa shape index (κ2) is 6.23. The minimum Gasteiger partial charge on any atom is -0.613 e. The molecule has 0 aliphatic carbocycles. The van der Waals surface area contributed by atoms with E-state index < -0.39 is 11.9 Å². The quantitative estimate of drug-likeness (QED) is 0.558. The standard InChI is InChI=1S/C13H19NO4/c1-5-17-12(15)10-7-11(13(16)18-6-2)9(4)14-8(10)3/h15H,5-7H2,1-4H3/p-1/b12-10+. The zero-order valence-electron chi connectivity index (χ0n) is 11.2. The molecule has 0 spiro atoms. The van der Waals surface area contributed by atoms with E-state index in [-0.39, 0.29) is 6.42 Å². The van der Waals surface area contributed by atoms with Crippen LogP contribution in [0, 0.1) is 0 Å². The fourth-order valence-corrected chi connectivity index (χ4v) is 1.70. The lowest BCUT2D eigenvalue weighted by Gasteiger charge is -2.23. The molecule has 0 bridgehead atoms. The Kier molecular flexibility index (Phi) is 4.95. The largest absolute Gasteiger partial charge is 0.613 e. The number of ether oxygens (including phenoxy) is 2. The molecule has 1 rings (SSSR count). The van der Waals surface area contributed by atoms with Gasteiger partial charge in [-0.25, -0.2) is 4.79 Å². The van der Waals surface area contributed by atoms with Crippen molar-refractivity contribution in [2.24, 2.45) is 4.99 Å². The van der Waals surface area contributed by atoms with Gasteiger partial charge in [-0.1, -0.05) is 6.92 Å². The van der Waals surface area contributed by atoms with Gasteiger partial charge in [0.1, 0.15) is 0 Å². The number of allylic oxidation sites excluding steroid dienone is 2. The van der Waals surface area contributed by atoms with Gasteiger partial charge in [-0.05, 0) is 33.0 Å². The normalized spacial score (nSPS) is 18.3. The van der Waals surface area contributed by atoms with Crippen LogP contribution in [0.3, 0.4) is 0 Å². The first kappa shape index (κ1) is 14.3. The first-order chi connectivity index (χ1) is 8.51. The molecule has 0 atom stereocenters. The van der Waals surface area contributed by atoms with Crippen molar-refractivity contribution in [2.45, 2.75) is 34.1 Å². The van der Waals surface area contributed by atoms with Gasteiger partial charge in [-0.2, -0.15) is 0 Å². The van der Waals surface area contributed by atoms with Gasteiger partial charge in [0.25, 0.3) is 0 Å². The molecule has 0 radical (unpaired) electrons. The summed E-state index contributed by atoms with van der Waals surface area (Å²) < 4.78 is 9.89. The fourth-order valence-electron chi connectivity index (χ4n) is 1.70. The van der Waals surface area contributed by atoms with Gasteiger partial charge in [-0.3, -0.25) is 4.99 Å². The monoisotopic (exact) mass is 252 g/mol. The Balaban J connectivity index is 3.05. The highest BCUT2D eigenvalue weighted by Crippen LogP contribution is 2.26. The molecule has 0 aromatic carbocycles. The summed E-state index contributed by atoms with van der Waals surface area (Å²) in [6.45, 7) is 7.54. The molecule has 0 saturated carbocycles. The van der Waals surface area contributed by atoms with E-state index in [2.05, 4.69) is 4.99 Å². The van der Waals surface area contributed by atoms with Crippen molar-refractivity contribution in [1.29, 1.82) is 0 Å². The number of carbonyl (C=O) groups excluding carboxylic acids is 1. The minimum atomic E-state index is -0.423. The molecule has 18 heavy (non-hydrogen) atoms. The number of hydrogen-bond acceptors (Lipinski definition) is 5. The van der Waals surface area contributed by atoms with Gasteiger partial charge < -0.3 is 14.6 Å². The third kappa shape index (κ3) is 3.12. The summed E-state index contributed by atoms with van der Waals surface area (Å²) >= 11 is 0. The smallest absolute Gasteiger partial charge is 0.336 e. The molecule has 1 aliphatic heterocycles. The molecular weight excluding hydrogens is 234 g/mol. The van der Waals surface area contributed by atoms with Crippen LogP contribution in [-0.4, -0.2) is 24.9 Å². The highest BCUT2D eigenvalue weighted by molar-refractivity contribution is 6.04. The van der Waals surface area contributed by atoms with Crippen molar-refractivity contribution < 1.29 is 19.4 Å². The van der Waals surface area contributed by atoms with Gasteiger partial charge in [0.15, 0.2) is 0 Å². The van der Waals surface area contributed by atoms with E-state index in [0.29, 0.717) is 35.8 Å². The van der Waals surface area contributed by atoms with Crippen LogP contribution in [0.2, 0.25) is 0 Å². The van der Waals surface area contributed by atoms with Crippen molar-refractivity contribution in [1.82, 2.24) is 0 Å². The summed E-state index contributed by atoms with van der Waals surface area (Å²) in [7, 11) is 0. The fraction of sp³-hybridized carbons (Fsp3) is 0.538. The average molecular weight is 252 g/mol. The van der Waals surface area contributed by atoms with Crippen LogP contribution in [0.4, 0.5) is 0 Å². The zero-order valence-corrected chi connectivity index (χ0v) is 11.2. The van der Waals surface area contributed by atoms with Crippen molar-refractivity contribution in [3.8, 4) is 0 Å². The van der Waals surface area contributed by atoms with Crippen LogP contribution in [0.15, 0.2) is 27.8 Å². The van der Waals surface area contributed by atoms with Crippen LogP contribution in [0.5, 0.6) is 0 Å². The van der Waals surface area contributed by atoms with Crippen molar-refractivity contribution in [3.05, 3.63) is 22.8 Å². The van der Waals surface area contributed by atoms with E-state index in [0.717, 1.165) is 0 Å². The van der Waals surface area contributed by atoms with Crippen molar-refractivity contribution in [2.75, 3.05) is 13.2 Å². The van der Waals surface area contributed by atoms with Crippen LogP contribution in [-0.2, 0) is 14.3 Å². The van der Waals surface area contributed by atoms with E-state index >= 15 is 0 Å². The highest BCUT2D eigenvalue weighted by Gasteiger charge is 2.22. The molecule has 0 fully saturated rings. The molecule has 100 valence electrons. The van der Waals surface area contributed by atoms with E-state index in [1.54, 1.807) is 27.7 Å². The maximum Gasteiger partial charge on any atom is 0.336 e.